The lowest BCUT2D eigenvalue weighted by molar-refractivity contribution is -0.163. The summed E-state index contributed by atoms with van der Waals surface area (Å²) in [5.74, 6) is 0.267. The van der Waals surface area contributed by atoms with Crippen LogP contribution in [0.1, 0.15) is 32.3 Å². The Morgan fingerprint density at radius 1 is 1.18 bits per heavy atom. The van der Waals surface area contributed by atoms with Gasteiger partial charge in [0.05, 0.1) is 0 Å². The van der Waals surface area contributed by atoms with Crippen molar-refractivity contribution in [1.82, 2.24) is 4.90 Å². The zero-order chi connectivity index (χ0) is 16.5. The molecule has 0 bridgehead atoms. The van der Waals surface area contributed by atoms with E-state index in [1.165, 1.54) is 16.7 Å². The number of benzene rings is 1. The van der Waals surface area contributed by atoms with Crippen molar-refractivity contribution >= 4 is 5.69 Å². The molecule has 6 heteroatoms. The number of alkyl halides is 3. The van der Waals surface area contributed by atoms with Gasteiger partial charge in [-0.3, -0.25) is 4.90 Å². The molecule has 0 radical (unpaired) electrons. The molecule has 1 N–H and O–H groups in total. The highest BCUT2D eigenvalue weighted by Crippen LogP contribution is 2.33. The third kappa shape index (κ3) is 3.73. The second-order valence-electron chi connectivity index (χ2n) is 6.13. The minimum atomic E-state index is -4.33. The van der Waals surface area contributed by atoms with Gasteiger partial charge in [-0.25, -0.2) is 0 Å². The largest absolute Gasteiger partial charge is 0.409 e. The predicted octanol–water partition coefficient (Wildman–Crippen LogP) is 3.20. The summed E-state index contributed by atoms with van der Waals surface area (Å²) in [6.45, 7) is 5.99. The SMILES string of the molecule is CC(C)c1cccc(N2CCN(C(C)O)CC2C(F)(F)F)c1. The smallest absolute Gasteiger partial charge is 0.379 e. The number of halogens is 3. The highest BCUT2D eigenvalue weighted by Gasteiger charge is 2.47. The van der Waals surface area contributed by atoms with Crippen molar-refractivity contribution in [3.8, 4) is 0 Å². The van der Waals surface area contributed by atoms with Crippen LogP contribution in [-0.4, -0.2) is 48.1 Å². The van der Waals surface area contributed by atoms with E-state index in [2.05, 4.69) is 0 Å². The van der Waals surface area contributed by atoms with Crippen LogP contribution < -0.4 is 4.90 Å². The van der Waals surface area contributed by atoms with Gasteiger partial charge in [-0.15, -0.1) is 0 Å². The Labute approximate surface area is 129 Å². The van der Waals surface area contributed by atoms with E-state index in [0.29, 0.717) is 12.2 Å². The van der Waals surface area contributed by atoms with Gasteiger partial charge in [-0.1, -0.05) is 26.0 Å². The fourth-order valence-corrected chi connectivity index (χ4v) is 2.80. The van der Waals surface area contributed by atoms with E-state index in [9.17, 15) is 18.3 Å². The number of hydrogen-bond donors (Lipinski definition) is 1. The Kier molecular flexibility index (Phi) is 5.02. The third-order valence-electron chi connectivity index (χ3n) is 4.19. The second kappa shape index (κ2) is 6.46. The molecular weight excluding hydrogens is 293 g/mol. The van der Waals surface area contributed by atoms with Gasteiger partial charge in [0.1, 0.15) is 12.3 Å². The van der Waals surface area contributed by atoms with Crippen LogP contribution in [0, 0.1) is 0 Å². The van der Waals surface area contributed by atoms with E-state index in [0.717, 1.165) is 5.56 Å². The minimum absolute atomic E-state index is 0.215. The standard InChI is InChI=1S/C16H23F3N2O/c1-11(2)13-5-4-6-14(9-13)21-8-7-20(12(3)22)10-15(21)16(17,18)19/h4-6,9,11-12,15,22H,7-8,10H2,1-3H3. The topological polar surface area (TPSA) is 26.7 Å². The minimum Gasteiger partial charge on any atom is -0.379 e. The molecular formula is C16H23F3N2O. The fourth-order valence-electron chi connectivity index (χ4n) is 2.80. The summed E-state index contributed by atoms with van der Waals surface area (Å²) in [6.07, 6.45) is -5.20. The third-order valence-corrected chi connectivity index (χ3v) is 4.19. The maximum atomic E-state index is 13.4. The number of aliphatic hydroxyl groups is 1. The molecule has 0 aromatic heterocycles. The molecule has 1 aliphatic rings. The molecule has 0 spiro atoms. The molecule has 1 aromatic carbocycles. The van der Waals surface area contributed by atoms with Gasteiger partial charge in [-0.05, 0) is 30.5 Å². The van der Waals surface area contributed by atoms with Crippen molar-refractivity contribution in [2.45, 2.75) is 45.1 Å². The molecule has 3 nitrogen and oxygen atoms in total. The van der Waals surface area contributed by atoms with Crippen molar-refractivity contribution in [2.75, 3.05) is 24.5 Å². The molecule has 1 aliphatic heterocycles. The Bertz CT molecular complexity index is 502. The quantitative estimate of drug-likeness (QED) is 0.928. The Hall–Kier alpha value is -1.27. The Morgan fingerprint density at radius 2 is 1.86 bits per heavy atom. The summed E-state index contributed by atoms with van der Waals surface area (Å²) in [7, 11) is 0. The van der Waals surface area contributed by atoms with Crippen molar-refractivity contribution in [1.29, 1.82) is 0 Å². The molecule has 2 unspecified atom stereocenters. The molecule has 0 amide bonds. The molecule has 1 saturated heterocycles. The van der Waals surface area contributed by atoms with Crippen molar-refractivity contribution in [3.63, 3.8) is 0 Å². The summed E-state index contributed by atoms with van der Waals surface area (Å²) in [6, 6.07) is 5.70. The zero-order valence-electron chi connectivity index (χ0n) is 13.1. The molecule has 1 aromatic rings. The number of hydrogen-bond acceptors (Lipinski definition) is 3. The molecule has 22 heavy (non-hydrogen) atoms. The molecule has 2 rings (SSSR count). The maximum absolute atomic E-state index is 13.4. The van der Waals surface area contributed by atoms with E-state index in [4.69, 9.17) is 0 Å². The fraction of sp³-hybridized carbons (Fsp3) is 0.625. The van der Waals surface area contributed by atoms with Crippen molar-refractivity contribution in [3.05, 3.63) is 29.8 Å². The number of rotatable bonds is 3. The number of anilines is 1. The first-order valence-electron chi connectivity index (χ1n) is 7.55. The second-order valence-corrected chi connectivity index (χ2v) is 6.13. The van der Waals surface area contributed by atoms with E-state index >= 15 is 0 Å². The van der Waals surface area contributed by atoms with Crippen LogP contribution in [0.2, 0.25) is 0 Å². The molecule has 2 atom stereocenters. The van der Waals surface area contributed by atoms with Gasteiger partial charge >= 0.3 is 6.18 Å². The number of nitrogens with zero attached hydrogens (tertiary/aromatic N) is 2. The molecule has 1 heterocycles. The van der Waals surface area contributed by atoms with E-state index in [1.807, 2.05) is 26.0 Å². The van der Waals surface area contributed by atoms with E-state index in [1.54, 1.807) is 12.1 Å². The van der Waals surface area contributed by atoms with Crippen LogP contribution in [0.3, 0.4) is 0 Å². The van der Waals surface area contributed by atoms with Crippen molar-refractivity contribution in [2.24, 2.45) is 0 Å². The average Bonchev–Trinajstić information content (AvgIpc) is 2.45. The first-order valence-corrected chi connectivity index (χ1v) is 7.55. The lowest BCUT2D eigenvalue weighted by atomic mass is 10.0. The normalized spacial score (nSPS) is 22.2. The van der Waals surface area contributed by atoms with Crippen LogP contribution in [0.25, 0.3) is 0 Å². The number of piperazine rings is 1. The molecule has 1 fully saturated rings. The highest BCUT2D eigenvalue weighted by atomic mass is 19.4. The molecule has 124 valence electrons. The van der Waals surface area contributed by atoms with Crippen LogP contribution in [0.15, 0.2) is 24.3 Å². The van der Waals surface area contributed by atoms with Crippen LogP contribution in [-0.2, 0) is 0 Å². The average molecular weight is 316 g/mol. The summed E-state index contributed by atoms with van der Waals surface area (Å²) in [5, 5.41) is 9.57. The summed E-state index contributed by atoms with van der Waals surface area (Å²) in [4.78, 5) is 2.87. The van der Waals surface area contributed by atoms with Gasteiger partial charge in [0, 0.05) is 25.3 Å². The Balaban J connectivity index is 2.30. The van der Waals surface area contributed by atoms with E-state index < -0.39 is 18.4 Å². The van der Waals surface area contributed by atoms with Crippen molar-refractivity contribution < 1.29 is 18.3 Å². The Morgan fingerprint density at radius 3 is 2.41 bits per heavy atom. The van der Waals surface area contributed by atoms with Gasteiger partial charge in [-0.2, -0.15) is 13.2 Å². The summed E-state index contributed by atoms with van der Waals surface area (Å²) >= 11 is 0. The maximum Gasteiger partial charge on any atom is 0.409 e. The van der Waals surface area contributed by atoms with Crippen LogP contribution in [0.5, 0.6) is 0 Å². The monoisotopic (exact) mass is 316 g/mol. The predicted molar refractivity (Wildman–Crippen MR) is 81.0 cm³/mol. The lowest BCUT2D eigenvalue weighted by Crippen LogP contribution is -2.60. The highest BCUT2D eigenvalue weighted by molar-refractivity contribution is 5.51. The van der Waals surface area contributed by atoms with Gasteiger partial charge in [0.2, 0.25) is 0 Å². The molecule has 0 aliphatic carbocycles. The lowest BCUT2D eigenvalue weighted by Gasteiger charge is -2.44. The molecule has 0 saturated carbocycles. The first kappa shape index (κ1) is 17.1. The first-order chi connectivity index (χ1) is 10.2. The zero-order valence-corrected chi connectivity index (χ0v) is 13.1. The van der Waals surface area contributed by atoms with Crippen LogP contribution >= 0.6 is 0 Å². The summed E-state index contributed by atoms with van der Waals surface area (Å²) < 4.78 is 40.3. The van der Waals surface area contributed by atoms with Gasteiger partial charge in [0.25, 0.3) is 0 Å². The van der Waals surface area contributed by atoms with Gasteiger partial charge in [0.15, 0.2) is 0 Å². The number of aliphatic hydroxyl groups excluding tert-OH is 1. The van der Waals surface area contributed by atoms with Crippen LogP contribution in [0.4, 0.5) is 18.9 Å². The van der Waals surface area contributed by atoms with E-state index in [-0.39, 0.29) is 19.0 Å². The van der Waals surface area contributed by atoms with Gasteiger partial charge < -0.3 is 10.0 Å². The summed E-state index contributed by atoms with van der Waals surface area (Å²) in [5.41, 5.74) is 1.62.